The molecule has 1 aromatic rings. The number of thiophene rings is 1. The Balaban J connectivity index is 2.92. The molecule has 1 aromatic heterocycles. The lowest BCUT2D eigenvalue weighted by molar-refractivity contribution is 0.0522. The van der Waals surface area contributed by atoms with E-state index in [9.17, 15) is 4.79 Å². The molecule has 0 fully saturated rings. The van der Waals surface area contributed by atoms with Gasteiger partial charge < -0.3 is 9.47 Å². The number of carbonyl (C=O) groups is 1. The molecule has 0 N–H and O–H groups in total. The largest absolute Gasteiger partial charge is 0.492 e. The van der Waals surface area contributed by atoms with Crippen LogP contribution in [0.25, 0.3) is 0 Å². The number of carbonyl (C=O) groups excluding carboxylic acids is 1. The number of ether oxygens (including phenoxy) is 2. The van der Waals surface area contributed by atoms with Crippen LogP contribution in [0.5, 0.6) is 5.75 Å². The van der Waals surface area contributed by atoms with Gasteiger partial charge >= 0.3 is 5.97 Å². The maximum atomic E-state index is 11.5. The van der Waals surface area contributed by atoms with E-state index in [1.807, 2.05) is 19.2 Å². The monoisotopic (exact) mass is 214 g/mol. The van der Waals surface area contributed by atoms with Crippen LogP contribution in [-0.4, -0.2) is 19.2 Å². The Hall–Kier alpha value is -1.03. The summed E-state index contributed by atoms with van der Waals surface area (Å²) in [6, 6.07) is 0. The minimum Gasteiger partial charge on any atom is -0.492 e. The van der Waals surface area contributed by atoms with Gasteiger partial charge in [-0.15, -0.1) is 11.3 Å². The summed E-state index contributed by atoms with van der Waals surface area (Å²) in [6.45, 7) is 6.52. The fourth-order valence-electron chi connectivity index (χ4n) is 1.14. The molecule has 0 bridgehead atoms. The molecule has 4 heteroatoms. The number of hydrogen-bond acceptors (Lipinski definition) is 4. The van der Waals surface area contributed by atoms with Crippen molar-refractivity contribution in [3.05, 3.63) is 15.8 Å². The molecule has 3 nitrogen and oxygen atoms in total. The second-order valence-electron chi connectivity index (χ2n) is 2.68. The first-order valence-corrected chi connectivity index (χ1v) is 5.46. The molecule has 1 heterocycles. The highest BCUT2D eigenvalue weighted by atomic mass is 32.1. The molecule has 78 valence electrons. The van der Waals surface area contributed by atoms with E-state index in [1.54, 1.807) is 6.92 Å². The summed E-state index contributed by atoms with van der Waals surface area (Å²) in [6.07, 6.45) is 0. The minimum atomic E-state index is -0.297. The van der Waals surface area contributed by atoms with E-state index in [4.69, 9.17) is 9.47 Å². The summed E-state index contributed by atoms with van der Waals surface area (Å²) in [5.74, 6) is 0.336. The molecule has 0 saturated heterocycles. The molecule has 0 aliphatic heterocycles. The van der Waals surface area contributed by atoms with E-state index in [0.717, 1.165) is 4.88 Å². The van der Waals surface area contributed by atoms with Crippen molar-refractivity contribution in [3.8, 4) is 5.75 Å². The van der Waals surface area contributed by atoms with E-state index in [-0.39, 0.29) is 5.97 Å². The van der Waals surface area contributed by atoms with Gasteiger partial charge in [0.15, 0.2) is 0 Å². The van der Waals surface area contributed by atoms with Gasteiger partial charge in [-0.2, -0.15) is 0 Å². The molecule has 0 amide bonds. The van der Waals surface area contributed by atoms with Crippen LogP contribution in [-0.2, 0) is 4.74 Å². The summed E-state index contributed by atoms with van der Waals surface area (Å²) in [5, 5.41) is 1.84. The van der Waals surface area contributed by atoms with Crippen LogP contribution in [0.15, 0.2) is 5.38 Å². The van der Waals surface area contributed by atoms with Crippen molar-refractivity contribution in [3.63, 3.8) is 0 Å². The Morgan fingerprint density at radius 2 is 2.14 bits per heavy atom. The maximum Gasteiger partial charge on any atom is 0.343 e. The lowest BCUT2D eigenvalue weighted by Gasteiger charge is -2.05. The van der Waals surface area contributed by atoms with Crippen LogP contribution in [0.1, 0.15) is 29.1 Å². The van der Waals surface area contributed by atoms with E-state index in [0.29, 0.717) is 24.5 Å². The van der Waals surface area contributed by atoms with E-state index >= 15 is 0 Å². The van der Waals surface area contributed by atoms with E-state index in [1.165, 1.54) is 11.3 Å². The van der Waals surface area contributed by atoms with E-state index < -0.39 is 0 Å². The van der Waals surface area contributed by atoms with Crippen molar-refractivity contribution in [2.75, 3.05) is 13.2 Å². The van der Waals surface area contributed by atoms with Gasteiger partial charge in [0, 0.05) is 10.3 Å². The van der Waals surface area contributed by atoms with Gasteiger partial charge in [-0.1, -0.05) is 0 Å². The second kappa shape index (κ2) is 5.00. The van der Waals surface area contributed by atoms with Gasteiger partial charge in [0.2, 0.25) is 0 Å². The number of rotatable bonds is 4. The van der Waals surface area contributed by atoms with Crippen LogP contribution < -0.4 is 4.74 Å². The van der Waals surface area contributed by atoms with Crippen LogP contribution in [0, 0.1) is 6.92 Å². The predicted molar refractivity (Wildman–Crippen MR) is 56.2 cm³/mol. The van der Waals surface area contributed by atoms with Gasteiger partial charge in [0.05, 0.1) is 13.2 Å². The first kappa shape index (κ1) is 11.0. The summed E-state index contributed by atoms with van der Waals surface area (Å²) in [7, 11) is 0. The maximum absolute atomic E-state index is 11.5. The zero-order valence-corrected chi connectivity index (χ0v) is 9.44. The molecule has 0 spiro atoms. The highest BCUT2D eigenvalue weighted by Gasteiger charge is 2.18. The average Bonchev–Trinajstić information content (AvgIpc) is 2.48. The molecule has 0 aromatic carbocycles. The fourth-order valence-corrected chi connectivity index (χ4v) is 1.91. The Kier molecular flexibility index (Phi) is 3.95. The van der Waals surface area contributed by atoms with Gasteiger partial charge in [-0.25, -0.2) is 4.79 Å². The molecular weight excluding hydrogens is 200 g/mol. The lowest BCUT2D eigenvalue weighted by atomic mass is 10.2. The Bertz CT molecular complexity index is 317. The van der Waals surface area contributed by atoms with Crippen LogP contribution >= 0.6 is 11.3 Å². The Labute approximate surface area is 87.7 Å². The first-order chi connectivity index (χ1) is 6.70. The van der Waals surface area contributed by atoms with Crippen LogP contribution in [0.3, 0.4) is 0 Å². The van der Waals surface area contributed by atoms with Crippen molar-refractivity contribution in [2.45, 2.75) is 20.8 Å². The van der Waals surface area contributed by atoms with Crippen LogP contribution in [0.2, 0.25) is 0 Å². The summed E-state index contributed by atoms with van der Waals surface area (Å²) < 4.78 is 10.3. The molecule has 0 aliphatic rings. The molecule has 0 aliphatic carbocycles. The van der Waals surface area contributed by atoms with E-state index in [2.05, 4.69) is 0 Å². The molecule has 1 rings (SSSR count). The smallest absolute Gasteiger partial charge is 0.343 e. The molecular formula is C10H14O3S. The highest BCUT2D eigenvalue weighted by molar-refractivity contribution is 7.10. The third-order valence-electron chi connectivity index (χ3n) is 1.72. The summed E-state index contributed by atoms with van der Waals surface area (Å²) in [4.78, 5) is 12.5. The van der Waals surface area contributed by atoms with Gasteiger partial charge in [0.1, 0.15) is 11.3 Å². The molecule has 0 saturated carbocycles. The quantitative estimate of drug-likeness (QED) is 0.723. The summed E-state index contributed by atoms with van der Waals surface area (Å²) >= 11 is 1.50. The highest BCUT2D eigenvalue weighted by Crippen LogP contribution is 2.29. The minimum absolute atomic E-state index is 0.297. The number of aryl methyl sites for hydroxylation is 1. The average molecular weight is 214 g/mol. The molecule has 14 heavy (non-hydrogen) atoms. The second-order valence-corrected chi connectivity index (χ2v) is 3.77. The number of esters is 1. The van der Waals surface area contributed by atoms with Gasteiger partial charge in [-0.3, -0.25) is 0 Å². The Morgan fingerprint density at radius 3 is 2.71 bits per heavy atom. The van der Waals surface area contributed by atoms with Gasteiger partial charge in [-0.05, 0) is 20.8 Å². The Morgan fingerprint density at radius 1 is 1.43 bits per heavy atom. The van der Waals surface area contributed by atoms with Crippen LogP contribution in [0.4, 0.5) is 0 Å². The standard InChI is InChI=1S/C10H14O3S/c1-4-12-8-6-14-7(3)9(8)10(11)13-5-2/h6H,4-5H2,1-3H3. The zero-order valence-electron chi connectivity index (χ0n) is 8.62. The topological polar surface area (TPSA) is 35.5 Å². The zero-order chi connectivity index (χ0) is 10.6. The third-order valence-corrected chi connectivity index (χ3v) is 2.61. The SMILES string of the molecule is CCOC(=O)c1c(OCC)csc1C. The first-order valence-electron chi connectivity index (χ1n) is 4.58. The van der Waals surface area contributed by atoms with Crippen molar-refractivity contribution in [2.24, 2.45) is 0 Å². The lowest BCUT2D eigenvalue weighted by Crippen LogP contribution is -2.07. The molecule has 0 atom stereocenters. The molecule has 0 unspecified atom stereocenters. The van der Waals surface area contributed by atoms with Crippen molar-refractivity contribution in [1.29, 1.82) is 0 Å². The third kappa shape index (κ3) is 2.26. The summed E-state index contributed by atoms with van der Waals surface area (Å²) in [5.41, 5.74) is 0.568. The van der Waals surface area contributed by atoms with Crippen molar-refractivity contribution in [1.82, 2.24) is 0 Å². The normalized spacial score (nSPS) is 9.93. The van der Waals surface area contributed by atoms with Crippen molar-refractivity contribution < 1.29 is 14.3 Å². The number of hydrogen-bond donors (Lipinski definition) is 0. The fraction of sp³-hybridized carbons (Fsp3) is 0.500. The molecule has 0 radical (unpaired) electrons. The van der Waals surface area contributed by atoms with Crippen molar-refractivity contribution >= 4 is 17.3 Å². The van der Waals surface area contributed by atoms with Gasteiger partial charge in [0.25, 0.3) is 0 Å². The predicted octanol–water partition coefficient (Wildman–Crippen LogP) is 2.63.